The van der Waals surface area contributed by atoms with Gasteiger partial charge in [-0.25, -0.2) is 0 Å². The lowest BCUT2D eigenvalue weighted by Gasteiger charge is -2.11. The number of aryl methyl sites for hydroxylation is 1. The SMILES string of the molecule is CNC(=S)Nc1cccc(C)c1C. The van der Waals surface area contributed by atoms with Crippen LogP contribution in [-0.4, -0.2) is 12.2 Å². The molecular weight excluding hydrogens is 180 g/mol. The Morgan fingerprint density at radius 1 is 1.31 bits per heavy atom. The number of thiocarbonyl (C=S) groups is 1. The van der Waals surface area contributed by atoms with Crippen molar-refractivity contribution >= 4 is 23.0 Å². The van der Waals surface area contributed by atoms with E-state index in [1.807, 2.05) is 12.1 Å². The second kappa shape index (κ2) is 4.23. The van der Waals surface area contributed by atoms with Gasteiger partial charge in [0.05, 0.1) is 0 Å². The van der Waals surface area contributed by atoms with Crippen LogP contribution in [0.15, 0.2) is 18.2 Å². The van der Waals surface area contributed by atoms with Crippen molar-refractivity contribution in [3.05, 3.63) is 29.3 Å². The van der Waals surface area contributed by atoms with E-state index in [2.05, 4.69) is 30.5 Å². The van der Waals surface area contributed by atoms with E-state index in [1.165, 1.54) is 11.1 Å². The van der Waals surface area contributed by atoms with Crippen LogP contribution in [0.25, 0.3) is 0 Å². The molecule has 3 heteroatoms. The molecule has 0 spiro atoms. The largest absolute Gasteiger partial charge is 0.366 e. The summed E-state index contributed by atoms with van der Waals surface area (Å²) in [7, 11) is 1.81. The monoisotopic (exact) mass is 194 g/mol. The van der Waals surface area contributed by atoms with Crippen molar-refractivity contribution in [3.63, 3.8) is 0 Å². The highest BCUT2D eigenvalue weighted by Crippen LogP contribution is 2.17. The zero-order valence-corrected chi connectivity index (χ0v) is 8.96. The fourth-order valence-electron chi connectivity index (χ4n) is 1.07. The van der Waals surface area contributed by atoms with Crippen molar-refractivity contribution in [2.75, 3.05) is 12.4 Å². The van der Waals surface area contributed by atoms with Crippen LogP contribution in [0.4, 0.5) is 5.69 Å². The fourth-order valence-corrected chi connectivity index (χ4v) is 1.18. The summed E-state index contributed by atoms with van der Waals surface area (Å²) >= 11 is 5.02. The first-order valence-electron chi connectivity index (χ1n) is 4.20. The molecule has 1 rings (SSSR count). The summed E-state index contributed by atoms with van der Waals surface area (Å²) in [5.41, 5.74) is 3.57. The number of hydrogen-bond acceptors (Lipinski definition) is 1. The molecule has 0 heterocycles. The average Bonchev–Trinajstić information content (AvgIpc) is 2.13. The first-order valence-corrected chi connectivity index (χ1v) is 4.61. The lowest BCUT2D eigenvalue weighted by Crippen LogP contribution is -2.24. The minimum atomic E-state index is 0.647. The molecule has 13 heavy (non-hydrogen) atoms. The highest BCUT2D eigenvalue weighted by molar-refractivity contribution is 7.80. The van der Waals surface area contributed by atoms with Crippen LogP contribution in [0.1, 0.15) is 11.1 Å². The molecule has 1 aromatic carbocycles. The zero-order valence-electron chi connectivity index (χ0n) is 8.14. The first kappa shape index (κ1) is 9.99. The number of nitrogens with one attached hydrogen (secondary N) is 2. The van der Waals surface area contributed by atoms with Crippen molar-refractivity contribution in [3.8, 4) is 0 Å². The Morgan fingerprint density at radius 3 is 2.62 bits per heavy atom. The molecule has 0 aliphatic carbocycles. The molecular formula is C10H14N2S. The van der Waals surface area contributed by atoms with E-state index in [0.717, 1.165) is 5.69 Å². The Bertz CT molecular complexity index is 321. The van der Waals surface area contributed by atoms with Gasteiger partial charge in [0.25, 0.3) is 0 Å². The molecule has 0 radical (unpaired) electrons. The molecule has 1 aromatic rings. The van der Waals surface area contributed by atoms with Gasteiger partial charge >= 0.3 is 0 Å². The van der Waals surface area contributed by atoms with Crippen molar-refractivity contribution in [1.29, 1.82) is 0 Å². The molecule has 0 saturated carbocycles. The number of benzene rings is 1. The van der Waals surface area contributed by atoms with Gasteiger partial charge in [-0.1, -0.05) is 12.1 Å². The van der Waals surface area contributed by atoms with Crippen LogP contribution in [0.5, 0.6) is 0 Å². The normalized spacial score (nSPS) is 9.46. The van der Waals surface area contributed by atoms with Gasteiger partial charge in [0.2, 0.25) is 0 Å². The van der Waals surface area contributed by atoms with Crippen molar-refractivity contribution < 1.29 is 0 Å². The smallest absolute Gasteiger partial charge is 0.170 e. The van der Waals surface area contributed by atoms with Crippen LogP contribution < -0.4 is 10.6 Å². The van der Waals surface area contributed by atoms with E-state index in [4.69, 9.17) is 12.2 Å². The van der Waals surface area contributed by atoms with Gasteiger partial charge in [-0.05, 0) is 43.3 Å². The summed E-state index contributed by atoms with van der Waals surface area (Å²) in [5.74, 6) is 0. The third-order valence-corrected chi connectivity index (χ3v) is 2.39. The minimum absolute atomic E-state index is 0.647. The fraction of sp³-hybridized carbons (Fsp3) is 0.300. The van der Waals surface area contributed by atoms with Crippen LogP contribution >= 0.6 is 12.2 Å². The van der Waals surface area contributed by atoms with Gasteiger partial charge in [-0.2, -0.15) is 0 Å². The number of rotatable bonds is 1. The molecule has 2 N–H and O–H groups in total. The molecule has 0 bridgehead atoms. The topological polar surface area (TPSA) is 24.1 Å². The maximum Gasteiger partial charge on any atom is 0.170 e. The molecule has 0 atom stereocenters. The molecule has 0 aliphatic heterocycles. The molecule has 0 amide bonds. The Labute approximate surface area is 84.3 Å². The lowest BCUT2D eigenvalue weighted by atomic mass is 10.1. The van der Waals surface area contributed by atoms with E-state index in [0.29, 0.717) is 5.11 Å². The van der Waals surface area contributed by atoms with Crippen LogP contribution in [0, 0.1) is 13.8 Å². The maximum atomic E-state index is 5.02. The average molecular weight is 194 g/mol. The predicted molar refractivity (Wildman–Crippen MR) is 61.2 cm³/mol. The molecule has 0 unspecified atom stereocenters. The third-order valence-electron chi connectivity index (χ3n) is 2.08. The van der Waals surface area contributed by atoms with Crippen molar-refractivity contribution in [2.45, 2.75) is 13.8 Å². The first-order chi connectivity index (χ1) is 6.15. The van der Waals surface area contributed by atoms with Gasteiger partial charge in [0.15, 0.2) is 5.11 Å². The Hall–Kier alpha value is -1.09. The summed E-state index contributed by atoms with van der Waals surface area (Å²) < 4.78 is 0. The van der Waals surface area contributed by atoms with Gasteiger partial charge in [-0.15, -0.1) is 0 Å². The molecule has 0 fully saturated rings. The Morgan fingerprint density at radius 2 is 2.00 bits per heavy atom. The van der Waals surface area contributed by atoms with Gasteiger partial charge in [-0.3, -0.25) is 0 Å². The summed E-state index contributed by atoms with van der Waals surface area (Å²) in [6.07, 6.45) is 0. The predicted octanol–water partition coefficient (Wildman–Crippen LogP) is 2.22. The van der Waals surface area contributed by atoms with E-state index < -0.39 is 0 Å². The summed E-state index contributed by atoms with van der Waals surface area (Å²) in [6.45, 7) is 4.17. The van der Waals surface area contributed by atoms with Gasteiger partial charge in [0.1, 0.15) is 0 Å². The maximum absolute atomic E-state index is 5.02. The van der Waals surface area contributed by atoms with Gasteiger partial charge in [0, 0.05) is 12.7 Å². The van der Waals surface area contributed by atoms with E-state index in [9.17, 15) is 0 Å². The van der Waals surface area contributed by atoms with Gasteiger partial charge < -0.3 is 10.6 Å². The molecule has 0 saturated heterocycles. The minimum Gasteiger partial charge on any atom is -0.366 e. The standard InChI is InChI=1S/C10H14N2S/c1-7-5-4-6-9(8(7)2)12-10(13)11-3/h4-6H,1-3H3,(H2,11,12,13). The molecule has 70 valence electrons. The van der Waals surface area contributed by atoms with E-state index in [1.54, 1.807) is 7.05 Å². The number of hydrogen-bond donors (Lipinski definition) is 2. The van der Waals surface area contributed by atoms with Crippen LogP contribution in [0.3, 0.4) is 0 Å². The zero-order chi connectivity index (χ0) is 9.84. The highest BCUT2D eigenvalue weighted by atomic mass is 32.1. The van der Waals surface area contributed by atoms with Crippen LogP contribution in [0.2, 0.25) is 0 Å². The van der Waals surface area contributed by atoms with Crippen molar-refractivity contribution in [1.82, 2.24) is 5.32 Å². The Kier molecular flexibility index (Phi) is 3.25. The summed E-state index contributed by atoms with van der Waals surface area (Å²) in [6, 6.07) is 6.12. The summed E-state index contributed by atoms with van der Waals surface area (Å²) in [5, 5.41) is 6.65. The highest BCUT2D eigenvalue weighted by Gasteiger charge is 2.00. The lowest BCUT2D eigenvalue weighted by molar-refractivity contribution is 1.19. The van der Waals surface area contributed by atoms with Crippen molar-refractivity contribution in [2.24, 2.45) is 0 Å². The second-order valence-electron chi connectivity index (χ2n) is 2.95. The molecule has 0 aromatic heterocycles. The third kappa shape index (κ3) is 2.42. The molecule has 2 nitrogen and oxygen atoms in total. The summed E-state index contributed by atoms with van der Waals surface area (Å²) in [4.78, 5) is 0. The quantitative estimate of drug-likeness (QED) is 0.670. The Balaban J connectivity index is 2.89. The van der Waals surface area contributed by atoms with E-state index >= 15 is 0 Å². The van der Waals surface area contributed by atoms with Crippen LogP contribution in [-0.2, 0) is 0 Å². The second-order valence-corrected chi connectivity index (χ2v) is 3.36. The molecule has 0 aliphatic rings. The number of anilines is 1. The van der Waals surface area contributed by atoms with E-state index in [-0.39, 0.29) is 0 Å².